The first-order valence-electron chi connectivity index (χ1n) is 8.77. The number of hydrogen-bond donors (Lipinski definition) is 1. The first kappa shape index (κ1) is 17.3. The number of nitrogens with one attached hydrogen (secondary N) is 1. The maximum Gasteiger partial charge on any atom is 0.223 e. The molecule has 2 aromatic rings. The lowest BCUT2D eigenvalue weighted by Crippen LogP contribution is -2.37. The van der Waals surface area contributed by atoms with Crippen molar-refractivity contribution in [3.05, 3.63) is 59.7 Å². The Kier molecular flexibility index (Phi) is 5.59. The molecule has 1 saturated carbocycles. The molecule has 4 heteroatoms. The van der Waals surface area contributed by atoms with Crippen molar-refractivity contribution in [1.82, 2.24) is 5.32 Å². The number of hydrogen-bond acceptors (Lipinski definition) is 3. The van der Waals surface area contributed by atoms with Crippen molar-refractivity contribution < 1.29 is 14.3 Å². The SMILES string of the molecule is COc1ccc(C[C@H](NC(=O)C2CCC2)c2ccc(OC)cc2)cc1. The predicted octanol–water partition coefficient (Wildman–Crippen LogP) is 3.90. The summed E-state index contributed by atoms with van der Waals surface area (Å²) in [7, 11) is 3.32. The molecule has 0 aliphatic heterocycles. The molecule has 1 aliphatic rings. The van der Waals surface area contributed by atoms with E-state index < -0.39 is 0 Å². The molecule has 1 fully saturated rings. The Morgan fingerprint density at radius 1 is 1.00 bits per heavy atom. The fourth-order valence-electron chi connectivity index (χ4n) is 3.05. The Balaban J connectivity index is 1.77. The van der Waals surface area contributed by atoms with Gasteiger partial charge in [-0.25, -0.2) is 0 Å². The van der Waals surface area contributed by atoms with Gasteiger partial charge in [0.2, 0.25) is 5.91 Å². The maximum atomic E-state index is 12.5. The van der Waals surface area contributed by atoms with E-state index in [0.717, 1.165) is 48.3 Å². The molecule has 0 saturated heterocycles. The van der Waals surface area contributed by atoms with Crippen LogP contribution in [0.4, 0.5) is 0 Å². The molecule has 4 nitrogen and oxygen atoms in total. The number of methoxy groups -OCH3 is 2. The van der Waals surface area contributed by atoms with Gasteiger partial charge in [0, 0.05) is 5.92 Å². The van der Waals surface area contributed by atoms with Crippen molar-refractivity contribution in [2.75, 3.05) is 14.2 Å². The highest BCUT2D eigenvalue weighted by Crippen LogP contribution is 2.28. The summed E-state index contributed by atoms with van der Waals surface area (Å²) < 4.78 is 10.5. The first-order chi connectivity index (χ1) is 12.2. The molecule has 1 aliphatic carbocycles. The molecule has 0 bridgehead atoms. The fourth-order valence-corrected chi connectivity index (χ4v) is 3.05. The number of benzene rings is 2. The second kappa shape index (κ2) is 8.06. The van der Waals surface area contributed by atoms with Gasteiger partial charge in [-0.15, -0.1) is 0 Å². The van der Waals surface area contributed by atoms with E-state index in [-0.39, 0.29) is 17.9 Å². The summed E-state index contributed by atoms with van der Waals surface area (Å²) in [5.74, 6) is 2.00. The quantitative estimate of drug-likeness (QED) is 0.832. The van der Waals surface area contributed by atoms with E-state index >= 15 is 0 Å². The Morgan fingerprint density at radius 2 is 1.56 bits per heavy atom. The van der Waals surface area contributed by atoms with Crippen LogP contribution in [-0.4, -0.2) is 20.1 Å². The molecule has 0 unspecified atom stereocenters. The normalized spacial score (nSPS) is 15.1. The summed E-state index contributed by atoms with van der Waals surface area (Å²) in [5.41, 5.74) is 2.25. The van der Waals surface area contributed by atoms with E-state index in [1.807, 2.05) is 48.5 Å². The van der Waals surface area contributed by atoms with E-state index in [2.05, 4.69) is 5.32 Å². The molecule has 1 N–H and O–H groups in total. The van der Waals surface area contributed by atoms with Crippen LogP contribution in [0.3, 0.4) is 0 Å². The number of carbonyl (C=O) groups excluding carboxylic acids is 1. The third kappa shape index (κ3) is 4.32. The van der Waals surface area contributed by atoms with Gasteiger partial charge in [0.05, 0.1) is 20.3 Å². The molecule has 1 atom stereocenters. The lowest BCUT2D eigenvalue weighted by atomic mass is 9.84. The average molecular weight is 339 g/mol. The van der Waals surface area contributed by atoms with Crippen molar-refractivity contribution >= 4 is 5.91 Å². The largest absolute Gasteiger partial charge is 0.497 e. The molecule has 1 amide bonds. The molecule has 0 spiro atoms. The number of carbonyl (C=O) groups is 1. The van der Waals surface area contributed by atoms with Crippen LogP contribution in [0.5, 0.6) is 11.5 Å². The number of rotatable bonds is 7. The second-order valence-electron chi connectivity index (χ2n) is 6.51. The Hall–Kier alpha value is -2.49. The minimum absolute atomic E-state index is 0.0487. The summed E-state index contributed by atoms with van der Waals surface area (Å²) in [6.07, 6.45) is 3.91. The van der Waals surface area contributed by atoms with Crippen LogP contribution in [0, 0.1) is 5.92 Å². The van der Waals surface area contributed by atoms with Crippen LogP contribution in [-0.2, 0) is 11.2 Å². The highest BCUT2D eigenvalue weighted by molar-refractivity contribution is 5.79. The van der Waals surface area contributed by atoms with Gasteiger partial charge in [-0.1, -0.05) is 30.7 Å². The lowest BCUT2D eigenvalue weighted by Gasteiger charge is -2.28. The van der Waals surface area contributed by atoms with Gasteiger partial charge in [0.25, 0.3) is 0 Å². The molecule has 0 aromatic heterocycles. The number of ether oxygens (including phenoxy) is 2. The minimum atomic E-state index is -0.0487. The third-order valence-electron chi connectivity index (χ3n) is 4.91. The van der Waals surface area contributed by atoms with Crippen molar-refractivity contribution in [1.29, 1.82) is 0 Å². The zero-order valence-corrected chi connectivity index (χ0v) is 14.8. The van der Waals surface area contributed by atoms with Crippen LogP contribution in [0.1, 0.15) is 36.4 Å². The van der Waals surface area contributed by atoms with Crippen LogP contribution in [0.2, 0.25) is 0 Å². The molecule has 2 aromatic carbocycles. The van der Waals surface area contributed by atoms with E-state index in [4.69, 9.17) is 9.47 Å². The van der Waals surface area contributed by atoms with Crippen LogP contribution >= 0.6 is 0 Å². The van der Waals surface area contributed by atoms with Crippen LogP contribution in [0.25, 0.3) is 0 Å². The van der Waals surface area contributed by atoms with Crippen LogP contribution < -0.4 is 14.8 Å². The zero-order chi connectivity index (χ0) is 17.6. The fraction of sp³-hybridized carbons (Fsp3) is 0.381. The van der Waals surface area contributed by atoms with E-state index in [0.29, 0.717) is 0 Å². The molecule has 0 radical (unpaired) electrons. The van der Waals surface area contributed by atoms with Gasteiger partial charge in [0.15, 0.2) is 0 Å². The second-order valence-corrected chi connectivity index (χ2v) is 6.51. The molecule has 132 valence electrons. The number of amides is 1. The highest BCUT2D eigenvalue weighted by atomic mass is 16.5. The summed E-state index contributed by atoms with van der Waals surface area (Å²) in [6.45, 7) is 0. The monoisotopic (exact) mass is 339 g/mol. The molecular formula is C21H25NO3. The van der Waals surface area contributed by atoms with Crippen molar-refractivity contribution in [2.45, 2.75) is 31.7 Å². The zero-order valence-electron chi connectivity index (χ0n) is 14.8. The van der Waals surface area contributed by atoms with E-state index in [1.165, 1.54) is 0 Å². The minimum Gasteiger partial charge on any atom is -0.497 e. The Morgan fingerprint density at radius 3 is 2.04 bits per heavy atom. The van der Waals surface area contributed by atoms with Gasteiger partial charge in [-0.3, -0.25) is 4.79 Å². The molecule has 3 rings (SSSR count). The third-order valence-corrected chi connectivity index (χ3v) is 4.91. The summed E-state index contributed by atoms with van der Waals surface area (Å²) in [4.78, 5) is 12.5. The van der Waals surface area contributed by atoms with E-state index in [1.54, 1.807) is 14.2 Å². The van der Waals surface area contributed by atoms with Crippen LogP contribution in [0.15, 0.2) is 48.5 Å². The lowest BCUT2D eigenvalue weighted by molar-refractivity contribution is -0.128. The average Bonchev–Trinajstić information content (AvgIpc) is 2.60. The molecular weight excluding hydrogens is 314 g/mol. The summed E-state index contributed by atoms with van der Waals surface area (Å²) in [6, 6.07) is 15.9. The van der Waals surface area contributed by atoms with Gasteiger partial charge >= 0.3 is 0 Å². The van der Waals surface area contributed by atoms with Gasteiger partial charge in [-0.05, 0) is 54.7 Å². The van der Waals surface area contributed by atoms with Crippen molar-refractivity contribution in [2.24, 2.45) is 5.92 Å². The highest BCUT2D eigenvalue weighted by Gasteiger charge is 2.27. The standard InChI is InChI=1S/C21H25NO3/c1-24-18-10-6-15(7-11-18)14-20(22-21(23)17-4-3-5-17)16-8-12-19(25-2)13-9-16/h6-13,17,20H,3-5,14H2,1-2H3,(H,22,23)/t20-/m0/s1. The van der Waals surface area contributed by atoms with E-state index in [9.17, 15) is 4.79 Å². The first-order valence-corrected chi connectivity index (χ1v) is 8.77. The topological polar surface area (TPSA) is 47.6 Å². The maximum absolute atomic E-state index is 12.5. The summed E-state index contributed by atoms with van der Waals surface area (Å²) in [5, 5.41) is 3.24. The van der Waals surface area contributed by atoms with Crippen molar-refractivity contribution in [3.8, 4) is 11.5 Å². The molecule has 0 heterocycles. The summed E-state index contributed by atoms with van der Waals surface area (Å²) >= 11 is 0. The smallest absolute Gasteiger partial charge is 0.223 e. The Bertz CT molecular complexity index is 690. The van der Waals surface area contributed by atoms with Gasteiger partial charge in [0.1, 0.15) is 11.5 Å². The van der Waals surface area contributed by atoms with Gasteiger partial charge in [-0.2, -0.15) is 0 Å². The molecule has 25 heavy (non-hydrogen) atoms. The van der Waals surface area contributed by atoms with Gasteiger partial charge < -0.3 is 14.8 Å². The predicted molar refractivity (Wildman–Crippen MR) is 97.9 cm³/mol. The van der Waals surface area contributed by atoms with Crippen molar-refractivity contribution in [3.63, 3.8) is 0 Å². The Labute approximate surface area is 149 Å².